The molecule has 1 aromatic rings. The van der Waals surface area contributed by atoms with E-state index >= 15 is 0 Å². The van der Waals surface area contributed by atoms with E-state index in [1.165, 1.54) is 0 Å². The van der Waals surface area contributed by atoms with Gasteiger partial charge in [-0.15, -0.1) is 0 Å². The number of nitrogen functional groups attached to an aromatic ring is 1. The number of hydrogen-bond donors (Lipinski definition) is 2. The Morgan fingerprint density at radius 3 is 3.06 bits per heavy atom. The van der Waals surface area contributed by atoms with Gasteiger partial charge in [-0.25, -0.2) is 4.98 Å². The molecule has 0 saturated carbocycles. The monoisotopic (exact) mass is 237 g/mol. The van der Waals surface area contributed by atoms with Crippen LogP contribution in [0.5, 0.6) is 0 Å². The van der Waals surface area contributed by atoms with Crippen molar-refractivity contribution < 1.29 is 9.47 Å². The third-order valence-corrected chi connectivity index (χ3v) is 3.24. The molecule has 0 amide bonds. The smallest absolute Gasteiger partial charge is 0.126 e. The normalized spacial score (nSPS) is 23.9. The summed E-state index contributed by atoms with van der Waals surface area (Å²) in [7, 11) is 1.72. The Kier molecular flexibility index (Phi) is 3.49. The molecule has 1 aliphatic heterocycles. The van der Waals surface area contributed by atoms with Gasteiger partial charge in [0.15, 0.2) is 0 Å². The summed E-state index contributed by atoms with van der Waals surface area (Å²) in [4.78, 5) is 4.23. The first-order valence-corrected chi connectivity index (χ1v) is 5.74. The summed E-state index contributed by atoms with van der Waals surface area (Å²) >= 11 is 0. The lowest BCUT2D eigenvalue weighted by atomic mass is 10.0. The summed E-state index contributed by atoms with van der Waals surface area (Å²) in [5.74, 6) is 0.819. The predicted molar refractivity (Wildman–Crippen MR) is 67.1 cm³/mol. The van der Waals surface area contributed by atoms with Crippen molar-refractivity contribution in [2.45, 2.75) is 18.9 Å². The maximum atomic E-state index is 5.72. The van der Waals surface area contributed by atoms with Gasteiger partial charge < -0.3 is 20.5 Å². The van der Waals surface area contributed by atoms with Gasteiger partial charge >= 0.3 is 0 Å². The SMILES string of the molecule is COC1(CNc2cc(C)c(N)cn2)CCOC1. The Labute approximate surface area is 101 Å². The fourth-order valence-electron chi connectivity index (χ4n) is 1.88. The van der Waals surface area contributed by atoms with Crippen molar-refractivity contribution in [2.24, 2.45) is 0 Å². The van der Waals surface area contributed by atoms with Crippen LogP contribution in [-0.2, 0) is 9.47 Å². The number of nitrogens with zero attached hydrogens (tertiary/aromatic N) is 1. The second kappa shape index (κ2) is 4.89. The summed E-state index contributed by atoms with van der Waals surface area (Å²) < 4.78 is 10.9. The molecule has 5 heteroatoms. The highest BCUT2D eigenvalue weighted by molar-refractivity contribution is 5.50. The largest absolute Gasteiger partial charge is 0.397 e. The van der Waals surface area contributed by atoms with Crippen LogP contribution in [0.3, 0.4) is 0 Å². The number of aryl methyl sites for hydroxylation is 1. The van der Waals surface area contributed by atoms with Gasteiger partial charge in [0, 0.05) is 26.7 Å². The van der Waals surface area contributed by atoms with Crippen molar-refractivity contribution in [3.8, 4) is 0 Å². The summed E-state index contributed by atoms with van der Waals surface area (Å²) in [5, 5.41) is 3.27. The number of anilines is 2. The van der Waals surface area contributed by atoms with Crippen LogP contribution in [0.2, 0.25) is 0 Å². The number of nitrogens with two attached hydrogens (primary N) is 1. The highest BCUT2D eigenvalue weighted by atomic mass is 16.5. The minimum absolute atomic E-state index is 0.225. The molecular weight excluding hydrogens is 218 g/mol. The average Bonchev–Trinajstić information content (AvgIpc) is 2.80. The minimum atomic E-state index is -0.225. The zero-order valence-electron chi connectivity index (χ0n) is 10.3. The first-order chi connectivity index (χ1) is 8.15. The van der Waals surface area contributed by atoms with E-state index in [-0.39, 0.29) is 5.60 Å². The van der Waals surface area contributed by atoms with Crippen molar-refractivity contribution >= 4 is 11.5 Å². The van der Waals surface area contributed by atoms with E-state index < -0.39 is 0 Å². The number of aromatic nitrogens is 1. The number of pyridine rings is 1. The molecule has 1 saturated heterocycles. The van der Waals surface area contributed by atoms with Gasteiger partial charge in [0.2, 0.25) is 0 Å². The van der Waals surface area contributed by atoms with E-state index in [4.69, 9.17) is 15.2 Å². The molecule has 1 aliphatic rings. The molecule has 0 aromatic carbocycles. The van der Waals surface area contributed by atoms with Crippen LogP contribution in [0.4, 0.5) is 11.5 Å². The Bertz CT molecular complexity index is 389. The first kappa shape index (κ1) is 12.1. The van der Waals surface area contributed by atoms with Crippen LogP contribution < -0.4 is 11.1 Å². The Hall–Kier alpha value is -1.33. The van der Waals surface area contributed by atoms with Crippen LogP contribution in [0, 0.1) is 6.92 Å². The van der Waals surface area contributed by atoms with Crippen LogP contribution in [0.15, 0.2) is 12.3 Å². The lowest BCUT2D eigenvalue weighted by Gasteiger charge is -2.26. The number of ether oxygens (including phenoxy) is 2. The highest BCUT2D eigenvalue weighted by Gasteiger charge is 2.34. The van der Waals surface area contributed by atoms with Crippen LogP contribution in [0.25, 0.3) is 0 Å². The summed E-state index contributed by atoms with van der Waals surface area (Å²) in [6.45, 7) is 4.04. The van der Waals surface area contributed by atoms with E-state index in [9.17, 15) is 0 Å². The molecule has 1 unspecified atom stereocenters. The van der Waals surface area contributed by atoms with Gasteiger partial charge in [-0.2, -0.15) is 0 Å². The fourth-order valence-corrected chi connectivity index (χ4v) is 1.88. The van der Waals surface area contributed by atoms with Crippen LogP contribution in [0.1, 0.15) is 12.0 Å². The molecule has 2 rings (SSSR count). The molecule has 17 heavy (non-hydrogen) atoms. The average molecular weight is 237 g/mol. The third-order valence-electron chi connectivity index (χ3n) is 3.24. The van der Waals surface area contributed by atoms with Gasteiger partial charge in [0.25, 0.3) is 0 Å². The second-order valence-electron chi connectivity index (χ2n) is 4.47. The minimum Gasteiger partial charge on any atom is -0.397 e. The van der Waals surface area contributed by atoms with Gasteiger partial charge in [-0.1, -0.05) is 0 Å². The molecule has 94 valence electrons. The Morgan fingerprint density at radius 2 is 2.47 bits per heavy atom. The molecule has 5 nitrogen and oxygen atoms in total. The summed E-state index contributed by atoms with van der Waals surface area (Å²) in [5.41, 5.74) is 7.23. The number of rotatable bonds is 4. The number of methoxy groups -OCH3 is 1. The van der Waals surface area contributed by atoms with Gasteiger partial charge in [0.1, 0.15) is 11.4 Å². The van der Waals surface area contributed by atoms with E-state index in [1.807, 2.05) is 13.0 Å². The van der Waals surface area contributed by atoms with Crippen molar-refractivity contribution in [1.29, 1.82) is 0 Å². The molecule has 1 aromatic heterocycles. The maximum absolute atomic E-state index is 5.72. The molecule has 3 N–H and O–H groups in total. The van der Waals surface area contributed by atoms with Crippen molar-refractivity contribution in [1.82, 2.24) is 4.98 Å². The summed E-state index contributed by atoms with van der Waals surface area (Å²) in [6.07, 6.45) is 2.58. The molecule has 1 atom stereocenters. The summed E-state index contributed by atoms with van der Waals surface area (Å²) in [6, 6.07) is 1.94. The fraction of sp³-hybridized carbons (Fsp3) is 0.583. The van der Waals surface area contributed by atoms with Crippen LogP contribution in [-0.4, -0.2) is 37.5 Å². The molecular formula is C12H19N3O2. The predicted octanol–water partition coefficient (Wildman–Crippen LogP) is 1.19. The third kappa shape index (κ3) is 2.68. The Morgan fingerprint density at radius 1 is 1.65 bits per heavy atom. The second-order valence-corrected chi connectivity index (χ2v) is 4.47. The van der Waals surface area contributed by atoms with Gasteiger partial charge in [-0.05, 0) is 18.6 Å². The van der Waals surface area contributed by atoms with E-state index in [1.54, 1.807) is 13.3 Å². The van der Waals surface area contributed by atoms with E-state index in [0.717, 1.165) is 24.4 Å². The number of nitrogens with one attached hydrogen (secondary N) is 1. The molecule has 1 fully saturated rings. The van der Waals surface area contributed by atoms with Gasteiger partial charge in [0.05, 0.1) is 18.5 Å². The highest BCUT2D eigenvalue weighted by Crippen LogP contribution is 2.23. The zero-order chi connectivity index (χ0) is 12.3. The first-order valence-electron chi connectivity index (χ1n) is 5.74. The van der Waals surface area contributed by atoms with Crippen molar-refractivity contribution in [3.63, 3.8) is 0 Å². The zero-order valence-corrected chi connectivity index (χ0v) is 10.3. The topological polar surface area (TPSA) is 69.4 Å². The molecule has 2 heterocycles. The van der Waals surface area contributed by atoms with E-state index in [2.05, 4.69) is 10.3 Å². The lowest BCUT2D eigenvalue weighted by molar-refractivity contribution is -0.00625. The van der Waals surface area contributed by atoms with Crippen molar-refractivity contribution in [2.75, 3.05) is 37.9 Å². The Balaban J connectivity index is 1.99. The quantitative estimate of drug-likeness (QED) is 0.823. The van der Waals surface area contributed by atoms with Crippen molar-refractivity contribution in [3.05, 3.63) is 17.8 Å². The van der Waals surface area contributed by atoms with Gasteiger partial charge in [-0.3, -0.25) is 0 Å². The maximum Gasteiger partial charge on any atom is 0.126 e. The number of hydrogen-bond acceptors (Lipinski definition) is 5. The molecule has 0 bridgehead atoms. The standard InChI is InChI=1S/C12H19N3O2/c1-9-5-11(14-6-10(9)13)15-7-12(16-2)3-4-17-8-12/h5-6H,3-4,7-8,13H2,1-2H3,(H,14,15). The van der Waals surface area contributed by atoms with Crippen LogP contribution >= 0.6 is 0 Å². The molecule has 0 aliphatic carbocycles. The molecule has 0 spiro atoms. The van der Waals surface area contributed by atoms with E-state index in [0.29, 0.717) is 18.8 Å². The molecule has 0 radical (unpaired) electrons. The lowest BCUT2D eigenvalue weighted by Crippen LogP contribution is -2.39.